The second-order valence-corrected chi connectivity index (χ2v) is 6.81. The van der Waals surface area contributed by atoms with E-state index in [2.05, 4.69) is 68.8 Å². The first-order chi connectivity index (χ1) is 12.1. The van der Waals surface area contributed by atoms with Gasteiger partial charge in [0.05, 0.1) is 0 Å². The van der Waals surface area contributed by atoms with Crippen LogP contribution in [0.15, 0.2) is 30.3 Å². The van der Waals surface area contributed by atoms with Crippen molar-refractivity contribution in [3.8, 4) is 0 Å². The highest BCUT2D eigenvalue weighted by Crippen LogP contribution is 2.23. The molecule has 0 unspecified atom stereocenters. The second kappa shape index (κ2) is 8.16. The molecule has 1 aromatic heterocycles. The maximum Gasteiger partial charge on any atom is 0.229 e. The summed E-state index contributed by atoms with van der Waals surface area (Å²) in [6.07, 6.45) is 2.58. The average molecular weight is 340 g/mol. The molecule has 0 aliphatic carbocycles. The molecule has 0 spiro atoms. The van der Waals surface area contributed by atoms with Gasteiger partial charge in [0.25, 0.3) is 0 Å². The third-order valence-corrected chi connectivity index (χ3v) is 4.31. The Balaban J connectivity index is 1.64. The molecule has 3 rings (SSSR count). The molecule has 1 aliphatic rings. The molecule has 1 aliphatic heterocycles. The number of rotatable bonds is 7. The molecule has 2 aromatic rings. The average Bonchev–Trinajstić information content (AvgIpc) is 3.09. The minimum atomic E-state index is 0.626. The number of aromatic nitrogens is 2. The maximum absolute atomic E-state index is 4.56. The summed E-state index contributed by atoms with van der Waals surface area (Å²) in [4.78, 5) is 13.6. The van der Waals surface area contributed by atoms with E-state index in [0.29, 0.717) is 5.95 Å². The van der Waals surface area contributed by atoms with Gasteiger partial charge in [-0.3, -0.25) is 0 Å². The maximum atomic E-state index is 4.56. The summed E-state index contributed by atoms with van der Waals surface area (Å²) in [7, 11) is 4.12. The fraction of sp³-hybridized carbons (Fsp3) is 0.474. The van der Waals surface area contributed by atoms with Crippen LogP contribution in [0.4, 0.5) is 23.1 Å². The van der Waals surface area contributed by atoms with E-state index in [1.807, 2.05) is 13.0 Å². The molecule has 25 heavy (non-hydrogen) atoms. The number of nitrogens with zero attached hydrogens (tertiary/aromatic N) is 4. The van der Waals surface area contributed by atoms with E-state index in [1.165, 1.54) is 18.5 Å². The summed E-state index contributed by atoms with van der Waals surface area (Å²) in [5.41, 5.74) is 3.24. The summed E-state index contributed by atoms with van der Waals surface area (Å²) >= 11 is 0. The van der Waals surface area contributed by atoms with Crippen LogP contribution in [0.1, 0.15) is 18.5 Å². The third kappa shape index (κ3) is 5.06. The quantitative estimate of drug-likeness (QED) is 0.808. The first-order valence-corrected chi connectivity index (χ1v) is 8.96. The van der Waals surface area contributed by atoms with Crippen LogP contribution in [0.2, 0.25) is 0 Å². The first-order valence-electron chi connectivity index (χ1n) is 8.96. The molecule has 1 saturated heterocycles. The zero-order valence-electron chi connectivity index (χ0n) is 15.4. The van der Waals surface area contributed by atoms with Crippen molar-refractivity contribution in [1.29, 1.82) is 0 Å². The Hall–Kier alpha value is -2.34. The van der Waals surface area contributed by atoms with Gasteiger partial charge in [-0.2, -0.15) is 4.98 Å². The Labute approximate surface area is 150 Å². The van der Waals surface area contributed by atoms with Crippen molar-refractivity contribution in [2.45, 2.75) is 19.8 Å². The lowest BCUT2D eigenvalue weighted by atomic mass is 10.2. The van der Waals surface area contributed by atoms with E-state index in [1.54, 1.807) is 0 Å². The largest absolute Gasteiger partial charge is 0.372 e. The van der Waals surface area contributed by atoms with Gasteiger partial charge < -0.3 is 20.4 Å². The SMILES string of the molecule is Cc1cc(NCCN(C)C)nc(Nc2ccc(N3CCCC3)cc2)n1. The van der Waals surface area contributed by atoms with E-state index in [0.717, 1.165) is 43.4 Å². The van der Waals surface area contributed by atoms with Gasteiger partial charge in [0.15, 0.2) is 0 Å². The summed E-state index contributed by atoms with van der Waals surface area (Å²) in [6.45, 7) is 6.13. The predicted octanol–water partition coefficient (Wildman–Crippen LogP) is 3.10. The van der Waals surface area contributed by atoms with Crippen LogP contribution in [0.3, 0.4) is 0 Å². The molecule has 1 aromatic carbocycles. The normalized spacial score (nSPS) is 14.2. The van der Waals surface area contributed by atoms with Gasteiger partial charge in [0, 0.05) is 49.3 Å². The molecule has 0 atom stereocenters. The molecule has 0 saturated carbocycles. The molecule has 0 amide bonds. The Morgan fingerprint density at radius 1 is 1.08 bits per heavy atom. The zero-order valence-corrected chi connectivity index (χ0v) is 15.4. The van der Waals surface area contributed by atoms with Crippen molar-refractivity contribution < 1.29 is 0 Å². The predicted molar refractivity (Wildman–Crippen MR) is 105 cm³/mol. The minimum Gasteiger partial charge on any atom is -0.372 e. The number of hydrogen-bond donors (Lipinski definition) is 2. The number of nitrogens with one attached hydrogen (secondary N) is 2. The molecule has 2 heterocycles. The monoisotopic (exact) mass is 340 g/mol. The topological polar surface area (TPSA) is 56.3 Å². The molecular formula is C19H28N6. The highest BCUT2D eigenvalue weighted by molar-refractivity contribution is 5.60. The van der Waals surface area contributed by atoms with Crippen LogP contribution in [0.25, 0.3) is 0 Å². The van der Waals surface area contributed by atoms with Crippen LogP contribution < -0.4 is 15.5 Å². The number of likely N-dealkylation sites (N-methyl/N-ethyl adjacent to an activating group) is 1. The summed E-state index contributed by atoms with van der Waals surface area (Å²) in [6, 6.07) is 10.5. The lowest BCUT2D eigenvalue weighted by Gasteiger charge is -2.18. The van der Waals surface area contributed by atoms with Gasteiger partial charge in [0.1, 0.15) is 5.82 Å². The van der Waals surface area contributed by atoms with E-state index in [-0.39, 0.29) is 0 Å². The number of hydrogen-bond acceptors (Lipinski definition) is 6. The molecule has 0 bridgehead atoms. The standard InChI is InChI=1S/C19H28N6/c1-15-14-18(20-10-13-24(2)3)23-19(21-15)22-16-6-8-17(9-7-16)25-11-4-5-12-25/h6-9,14H,4-5,10-13H2,1-3H3,(H2,20,21,22,23). The van der Waals surface area contributed by atoms with Crippen LogP contribution in [-0.2, 0) is 0 Å². The van der Waals surface area contributed by atoms with Gasteiger partial charge in [0.2, 0.25) is 5.95 Å². The fourth-order valence-electron chi connectivity index (χ4n) is 2.98. The lowest BCUT2D eigenvalue weighted by Crippen LogP contribution is -2.21. The summed E-state index contributed by atoms with van der Waals surface area (Å²) in [5, 5.41) is 6.66. The number of anilines is 4. The Morgan fingerprint density at radius 2 is 1.80 bits per heavy atom. The number of aryl methyl sites for hydroxylation is 1. The highest BCUT2D eigenvalue weighted by atomic mass is 15.2. The molecule has 134 valence electrons. The van der Waals surface area contributed by atoms with E-state index < -0.39 is 0 Å². The van der Waals surface area contributed by atoms with Crippen molar-refractivity contribution in [3.05, 3.63) is 36.0 Å². The minimum absolute atomic E-state index is 0.626. The van der Waals surface area contributed by atoms with E-state index in [4.69, 9.17) is 0 Å². The van der Waals surface area contributed by atoms with Crippen molar-refractivity contribution in [3.63, 3.8) is 0 Å². The Kier molecular flexibility index (Phi) is 5.71. The molecule has 1 fully saturated rings. The van der Waals surface area contributed by atoms with Gasteiger partial charge >= 0.3 is 0 Å². The van der Waals surface area contributed by atoms with Crippen LogP contribution in [-0.4, -0.2) is 55.1 Å². The highest BCUT2D eigenvalue weighted by Gasteiger charge is 2.12. The van der Waals surface area contributed by atoms with Crippen molar-refractivity contribution in [1.82, 2.24) is 14.9 Å². The van der Waals surface area contributed by atoms with Crippen molar-refractivity contribution in [2.24, 2.45) is 0 Å². The van der Waals surface area contributed by atoms with E-state index in [9.17, 15) is 0 Å². The molecule has 0 radical (unpaired) electrons. The van der Waals surface area contributed by atoms with Gasteiger partial charge in [-0.1, -0.05) is 0 Å². The Morgan fingerprint density at radius 3 is 2.48 bits per heavy atom. The van der Waals surface area contributed by atoms with E-state index >= 15 is 0 Å². The lowest BCUT2D eigenvalue weighted by molar-refractivity contribution is 0.425. The first kappa shape index (κ1) is 17.5. The fourth-order valence-corrected chi connectivity index (χ4v) is 2.98. The van der Waals surface area contributed by atoms with Gasteiger partial charge in [-0.05, 0) is 58.1 Å². The second-order valence-electron chi connectivity index (χ2n) is 6.81. The third-order valence-electron chi connectivity index (χ3n) is 4.31. The smallest absolute Gasteiger partial charge is 0.229 e. The Bertz CT molecular complexity index is 677. The van der Waals surface area contributed by atoms with Crippen LogP contribution in [0, 0.1) is 6.92 Å². The van der Waals surface area contributed by atoms with Crippen molar-refractivity contribution >= 4 is 23.1 Å². The van der Waals surface area contributed by atoms with Gasteiger partial charge in [-0.25, -0.2) is 4.98 Å². The summed E-state index contributed by atoms with van der Waals surface area (Å²) in [5.74, 6) is 1.48. The molecule has 2 N–H and O–H groups in total. The number of benzene rings is 1. The van der Waals surface area contributed by atoms with Crippen molar-refractivity contribution in [2.75, 3.05) is 55.8 Å². The molecular weight excluding hydrogens is 312 g/mol. The zero-order chi connectivity index (χ0) is 17.6. The van der Waals surface area contributed by atoms with Crippen LogP contribution in [0.5, 0.6) is 0 Å². The summed E-state index contributed by atoms with van der Waals surface area (Å²) < 4.78 is 0. The molecule has 6 nitrogen and oxygen atoms in total. The van der Waals surface area contributed by atoms with Crippen LogP contribution >= 0.6 is 0 Å². The molecule has 6 heteroatoms. The van der Waals surface area contributed by atoms with Gasteiger partial charge in [-0.15, -0.1) is 0 Å².